The third-order valence-corrected chi connectivity index (χ3v) is 3.94. The van der Waals surface area contributed by atoms with E-state index in [1.165, 1.54) is 18.9 Å². The summed E-state index contributed by atoms with van der Waals surface area (Å²) in [6.45, 7) is 1.10. The van der Waals surface area contributed by atoms with Gasteiger partial charge in [-0.2, -0.15) is 0 Å². The third kappa shape index (κ3) is 2.29. The van der Waals surface area contributed by atoms with Crippen LogP contribution in [0.25, 0.3) is 0 Å². The van der Waals surface area contributed by atoms with E-state index in [2.05, 4.69) is 5.32 Å². The first-order valence-corrected chi connectivity index (χ1v) is 6.01. The summed E-state index contributed by atoms with van der Waals surface area (Å²) in [6.07, 6.45) is 4.36. The predicted molar refractivity (Wildman–Crippen MR) is 72.0 cm³/mol. The zero-order chi connectivity index (χ0) is 11.1. The van der Waals surface area contributed by atoms with Gasteiger partial charge in [-0.1, -0.05) is 0 Å². The van der Waals surface area contributed by atoms with Crippen molar-refractivity contribution in [2.24, 2.45) is 5.92 Å². The minimum Gasteiger partial charge on any atom is -0.508 e. The molecule has 0 bridgehead atoms. The molecule has 1 aliphatic heterocycles. The summed E-state index contributed by atoms with van der Waals surface area (Å²) >= 11 is 0. The maximum atomic E-state index is 9.85. The van der Waals surface area contributed by atoms with Crippen molar-refractivity contribution in [3.63, 3.8) is 0 Å². The van der Waals surface area contributed by atoms with Crippen LogP contribution in [0.3, 0.4) is 0 Å². The van der Waals surface area contributed by atoms with Gasteiger partial charge in [-0.3, -0.25) is 0 Å². The standard InChI is InChI=1S/C13H17NO2.BrH/c15-10-4-9-6-12-8(2-1-3-14-12)5-11(9)13(16)7-10;/h4,7-8,12,14-16H,1-3,5-6H2;1H/t8-,12-;/m1./s1. The van der Waals surface area contributed by atoms with Gasteiger partial charge in [0.1, 0.15) is 11.5 Å². The van der Waals surface area contributed by atoms with E-state index in [0.29, 0.717) is 12.0 Å². The summed E-state index contributed by atoms with van der Waals surface area (Å²) in [4.78, 5) is 0. The van der Waals surface area contributed by atoms with Crippen molar-refractivity contribution < 1.29 is 10.2 Å². The first-order valence-electron chi connectivity index (χ1n) is 6.01. The molecule has 3 rings (SSSR count). The molecular weight excluding hydrogens is 282 g/mol. The summed E-state index contributed by atoms with van der Waals surface area (Å²) in [5, 5.41) is 22.9. The van der Waals surface area contributed by atoms with Gasteiger partial charge in [-0.05, 0) is 55.3 Å². The van der Waals surface area contributed by atoms with E-state index in [1.54, 1.807) is 6.07 Å². The summed E-state index contributed by atoms with van der Waals surface area (Å²) < 4.78 is 0. The van der Waals surface area contributed by atoms with E-state index >= 15 is 0 Å². The highest BCUT2D eigenvalue weighted by Gasteiger charge is 2.31. The van der Waals surface area contributed by atoms with Gasteiger partial charge in [0.2, 0.25) is 0 Å². The topological polar surface area (TPSA) is 52.5 Å². The van der Waals surface area contributed by atoms with Crippen molar-refractivity contribution >= 4 is 17.0 Å². The van der Waals surface area contributed by atoms with E-state index in [1.807, 2.05) is 0 Å². The average Bonchev–Trinajstić information content (AvgIpc) is 2.27. The molecule has 0 spiro atoms. The Kier molecular flexibility index (Phi) is 3.64. The number of hydrogen-bond acceptors (Lipinski definition) is 3. The van der Waals surface area contributed by atoms with Crippen LogP contribution in [0.5, 0.6) is 11.5 Å². The molecule has 4 heteroatoms. The Balaban J connectivity index is 0.00000108. The molecule has 17 heavy (non-hydrogen) atoms. The first kappa shape index (κ1) is 12.7. The molecule has 1 heterocycles. The maximum absolute atomic E-state index is 9.85. The van der Waals surface area contributed by atoms with E-state index in [4.69, 9.17) is 0 Å². The highest BCUT2D eigenvalue weighted by atomic mass is 79.9. The number of benzene rings is 1. The van der Waals surface area contributed by atoms with Crippen molar-refractivity contribution in [3.05, 3.63) is 23.3 Å². The zero-order valence-corrected chi connectivity index (χ0v) is 11.4. The number of phenols is 2. The van der Waals surface area contributed by atoms with E-state index in [9.17, 15) is 10.2 Å². The van der Waals surface area contributed by atoms with Gasteiger partial charge in [0.15, 0.2) is 0 Å². The van der Waals surface area contributed by atoms with Gasteiger partial charge in [-0.15, -0.1) is 17.0 Å². The molecule has 0 amide bonds. The zero-order valence-electron chi connectivity index (χ0n) is 9.65. The molecule has 1 fully saturated rings. The van der Waals surface area contributed by atoms with E-state index in [0.717, 1.165) is 30.5 Å². The maximum Gasteiger partial charge on any atom is 0.122 e. The minimum atomic E-state index is 0. The number of aromatic hydroxyl groups is 2. The van der Waals surface area contributed by atoms with Crippen molar-refractivity contribution in [3.8, 4) is 11.5 Å². The number of piperidine rings is 1. The molecule has 1 aliphatic carbocycles. The van der Waals surface area contributed by atoms with Crippen molar-refractivity contribution in [2.45, 2.75) is 31.7 Å². The van der Waals surface area contributed by atoms with Crippen LogP contribution >= 0.6 is 17.0 Å². The lowest BCUT2D eigenvalue weighted by Crippen LogP contribution is -2.45. The van der Waals surface area contributed by atoms with Crippen LogP contribution in [-0.4, -0.2) is 22.8 Å². The molecular formula is C13H18BrNO2. The highest BCUT2D eigenvalue weighted by Crippen LogP contribution is 2.37. The fourth-order valence-corrected chi connectivity index (χ4v) is 3.12. The lowest BCUT2D eigenvalue weighted by atomic mass is 9.76. The van der Waals surface area contributed by atoms with Crippen molar-refractivity contribution in [1.82, 2.24) is 5.32 Å². The average molecular weight is 300 g/mol. The number of nitrogens with one attached hydrogen (secondary N) is 1. The molecule has 1 saturated heterocycles. The van der Waals surface area contributed by atoms with Gasteiger partial charge in [-0.25, -0.2) is 0 Å². The summed E-state index contributed by atoms with van der Waals surface area (Å²) in [7, 11) is 0. The second-order valence-corrected chi connectivity index (χ2v) is 4.97. The Labute approximate surface area is 112 Å². The Morgan fingerprint density at radius 3 is 2.82 bits per heavy atom. The van der Waals surface area contributed by atoms with Gasteiger partial charge >= 0.3 is 0 Å². The number of halogens is 1. The molecule has 0 radical (unpaired) electrons. The Bertz CT molecular complexity index is 422. The highest BCUT2D eigenvalue weighted by molar-refractivity contribution is 8.93. The Hall–Kier alpha value is -0.740. The molecule has 0 aromatic heterocycles. The summed E-state index contributed by atoms with van der Waals surface area (Å²) in [5.74, 6) is 1.08. The van der Waals surface area contributed by atoms with Gasteiger partial charge in [0.25, 0.3) is 0 Å². The number of rotatable bonds is 0. The molecule has 2 atom stereocenters. The quantitative estimate of drug-likeness (QED) is 0.688. The molecule has 0 saturated carbocycles. The van der Waals surface area contributed by atoms with Crippen LogP contribution in [0, 0.1) is 5.92 Å². The molecule has 94 valence electrons. The van der Waals surface area contributed by atoms with E-state index in [-0.39, 0.29) is 28.5 Å². The Morgan fingerprint density at radius 2 is 2.00 bits per heavy atom. The number of hydrogen-bond donors (Lipinski definition) is 3. The van der Waals surface area contributed by atoms with Gasteiger partial charge in [0, 0.05) is 12.1 Å². The third-order valence-electron chi connectivity index (χ3n) is 3.94. The molecule has 1 aromatic carbocycles. The van der Waals surface area contributed by atoms with Crippen LogP contribution in [0.15, 0.2) is 12.1 Å². The summed E-state index contributed by atoms with van der Waals surface area (Å²) in [5.41, 5.74) is 2.15. The number of fused-ring (bicyclic) bond motifs is 2. The monoisotopic (exact) mass is 299 g/mol. The molecule has 1 aromatic rings. The van der Waals surface area contributed by atoms with Crippen LogP contribution in [-0.2, 0) is 12.8 Å². The van der Waals surface area contributed by atoms with Crippen molar-refractivity contribution in [1.29, 1.82) is 0 Å². The molecule has 3 nitrogen and oxygen atoms in total. The Morgan fingerprint density at radius 1 is 1.18 bits per heavy atom. The summed E-state index contributed by atoms with van der Waals surface area (Å²) in [6, 6.07) is 3.78. The lowest BCUT2D eigenvalue weighted by molar-refractivity contribution is 0.259. The van der Waals surface area contributed by atoms with Crippen LogP contribution in [0.4, 0.5) is 0 Å². The molecule has 2 aliphatic rings. The van der Waals surface area contributed by atoms with Crippen LogP contribution in [0.2, 0.25) is 0 Å². The predicted octanol–water partition coefficient (Wildman–Crippen LogP) is 2.14. The van der Waals surface area contributed by atoms with Crippen LogP contribution < -0.4 is 5.32 Å². The fourth-order valence-electron chi connectivity index (χ4n) is 3.12. The molecule has 3 N–H and O–H groups in total. The first-order chi connectivity index (χ1) is 7.74. The van der Waals surface area contributed by atoms with E-state index < -0.39 is 0 Å². The largest absolute Gasteiger partial charge is 0.508 e. The normalized spacial score (nSPS) is 26.6. The second kappa shape index (κ2) is 4.86. The van der Waals surface area contributed by atoms with Gasteiger partial charge in [0.05, 0.1) is 0 Å². The molecule has 0 unspecified atom stereocenters. The fraction of sp³-hybridized carbons (Fsp3) is 0.538. The number of phenolic OH excluding ortho intramolecular Hbond substituents is 2. The second-order valence-electron chi connectivity index (χ2n) is 4.97. The van der Waals surface area contributed by atoms with Crippen LogP contribution in [0.1, 0.15) is 24.0 Å². The van der Waals surface area contributed by atoms with Crippen molar-refractivity contribution in [2.75, 3.05) is 6.54 Å². The smallest absolute Gasteiger partial charge is 0.122 e. The SMILES string of the molecule is Br.Oc1cc(O)c2c(c1)C[C@H]1NCCC[C@@H]1C2. The lowest BCUT2D eigenvalue weighted by Gasteiger charge is -2.37. The minimum absolute atomic E-state index is 0. The van der Waals surface area contributed by atoms with Gasteiger partial charge < -0.3 is 15.5 Å².